The number of piperazine rings is 1. The Morgan fingerprint density at radius 3 is 2.46 bits per heavy atom. The molecule has 1 unspecified atom stereocenters. The number of nitrogens with one attached hydrogen (secondary N) is 1. The maximum atomic E-state index is 13.6. The standard InChI is InChI=1S/C29H34N8O4/c1-6-41-29(40)36-13-11-35(12-14-36)28(39)20(4)37-17-26(18(2)33-37)32-27(38)22-15-25(23-16-30-34(5)19(23)3)31-24-10-8-7-9-21(22)24/h7-10,15-17,20H,6,11-14H2,1-5H3,(H,32,38). The predicted molar refractivity (Wildman–Crippen MR) is 153 cm³/mol. The van der Waals surface area contributed by atoms with Crippen LogP contribution in [-0.4, -0.2) is 85.0 Å². The largest absolute Gasteiger partial charge is 0.450 e. The van der Waals surface area contributed by atoms with Gasteiger partial charge in [-0.15, -0.1) is 0 Å². The van der Waals surface area contributed by atoms with Crippen LogP contribution in [0.2, 0.25) is 0 Å². The smallest absolute Gasteiger partial charge is 0.409 e. The van der Waals surface area contributed by atoms with Gasteiger partial charge in [0.15, 0.2) is 0 Å². The zero-order valence-electron chi connectivity index (χ0n) is 23.9. The summed E-state index contributed by atoms with van der Waals surface area (Å²) >= 11 is 0. The fourth-order valence-electron chi connectivity index (χ4n) is 4.95. The van der Waals surface area contributed by atoms with Crippen molar-refractivity contribution in [1.29, 1.82) is 0 Å². The van der Waals surface area contributed by atoms with Crippen molar-refractivity contribution in [2.75, 3.05) is 38.1 Å². The lowest BCUT2D eigenvalue weighted by Gasteiger charge is -2.35. The third-order valence-electron chi connectivity index (χ3n) is 7.51. The van der Waals surface area contributed by atoms with E-state index in [1.165, 1.54) is 0 Å². The molecule has 0 saturated carbocycles. The first kappa shape index (κ1) is 27.8. The summed E-state index contributed by atoms with van der Waals surface area (Å²) in [5.74, 6) is -0.409. The Kier molecular flexibility index (Phi) is 7.73. The summed E-state index contributed by atoms with van der Waals surface area (Å²) in [6.45, 7) is 9.26. The molecule has 1 aliphatic rings. The lowest BCUT2D eigenvalue weighted by molar-refractivity contribution is -0.136. The molecule has 1 aliphatic heterocycles. The molecule has 1 atom stereocenters. The number of aromatic nitrogens is 5. The normalized spacial score (nSPS) is 14.3. The molecule has 1 aromatic carbocycles. The van der Waals surface area contributed by atoms with Gasteiger partial charge in [-0.05, 0) is 39.8 Å². The fourth-order valence-corrected chi connectivity index (χ4v) is 4.95. The van der Waals surface area contributed by atoms with Crippen LogP contribution in [0, 0.1) is 13.8 Å². The van der Waals surface area contributed by atoms with Crippen LogP contribution < -0.4 is 5.32 Å². The van der Waals surface area contributed by atoms with E-state index in [-0.39, 0.29) is 17.9 Å². The summed E-state index contributed by atoms with van der Waals surface area (Å²) < 4.78 is 8.40. The summed E-state index contributed by atoms with van der Waals surface area (Å²) in [7, 11) is 1.86. The molecular weight excluding hydrogens is 524 g/mol. The van der Waals surface area contributed by atoms with Crippen LogP contribution in [0.15, 0.2) is 42.7 Å². The van der Waals surface area contributed by atoms with E-state index >= 15 is 0 Å². The van der Waals surface area contributed by atoms with Gasteiger partial charge in [-0.3, -0.25) is 19.0 Å². The number of carbonyl (C=O) groups is 3. The number of para-hydroxylation sites is 1. The molecule has 214 valence electrons. The van der Waals surface area contributed by atoms with E-state index in [2.05, 4.69) is 15.5 Å². The summed E-state index contributed by atoms with van der Waals surface area (Å²) in [5.41, 5.74) is 4.74. The zero-order valence-corrected chi connectivity index (χ0v) is 23.9. The van der Waals surface area contributed by atoms with E-state index in [0.717, 1.165) is 16.6 Å². The first-order valence-electron chi connectivity index (χ1n) is 13.6. The Morgan fingerprint density at radius 2 is 1.78 bits per heavy atom. The monoisotopic (exact) mass is 558 g/mol. The number of benzene rings is 1. The molecule has 0 radical (unpaired) electrons. The van der Waals surface area contributed by atoms with Crippen LogP contribution >= 0.6 is 0 Å². The van der Waals surface area contributed by atoms with Gasteiger partial charge in [0.05, 0.1) is 41.0 Å². The number of hydrogen-bond acceptors (Lipinski definition) is 7. The number of anilines is 1. The third-order valence-corrected chi connectivity index (χ3v) is 7.51. The van der Waals surface area contributed by atoms with Gasteiger partial charge in [0.25, 0.3) is 5.91 Å². The molecule has 41 heavy (non-hydrogen) atoms. The maximum absolute atomic E-state index is 13.6. The highest BCUT2D eigenvalue weighted by Gasteiger charge is 2.29. The molecule has 1 saturated heterocycles. The molecule has 3 amide bonds. The maximum Gasteiger partial charge on any atom is 0.409 e. The van der Waals surface area contributed by atoms with Gasteiger partial charge in [0.2, 0.25) is 5.91 Å². The summed E-state index contributed by atoms with van der Waals surface area (Å²) in [6.07, 6.45) is 3.07. The number of carbonyl (C=O) groups excluding carboxylic acids is 3. The average Bonchev–Trinajstić information content (AvgIpc) is 3.52. The van der Waals surface area contributed by atoms with Crippen molar-refractivity contribution in [1.82, 2.24) is 34.3 Å². The average molecular weight is 559 g/mol. The van der Waals surface area contributed by atoms with Gasteiger partial charge in [-0.1, -0.05) is 18.2 Å². The summed E-state index contributed by atoms with van der Waals surface area (Å²) in [6, 6.07) is 8.71. The second-order valence-electron chi connectivity index (χ2n) is 10.1. The van der Waals surface area contributed by atoms with E-state index in [1.807, 2.05) is 38.2 Å². The van der Waals surface area contributed by atoms with E-state index in [9.17, 15) is 14.4 Å². The van der Waals surface area contributed by atoms with Gasteiger partial charge >= 0.3 is 6.09 Å². The molecule has 12 nitrogen and oxygen atoms in total. The molecule has 12 heteroatoms. The van der Waals surface area contributed by atoms with Crippen molar-refractivity contribution in [3.05, 3.63) is 59.7 Å². The Bertz CT molecular complexity index is 1620. The number of amides is 3. The van der Waals surface area contributed by atoms with Gasteiger partial charge in [0.1, 0.15) is 6.04 Å². The SMILES string of the molecule is CCOC(=O)N1CCN(C(=O)C(C)n2cc(NC(=O)c3cc(-c4cnn(C)c4C)nc4ccccc34)c(C)n2)CC1. The zero-order chi connectivity index (χ0) is 29.3. The first-order chi connectivity index (χ1) is 19.7. The molecule has 1 fully saturated rings. The van der Waals surface area contributed by atoms with Gasteiger partial charge < -0.3 is 19.9 Å². The van der Waals surface area contributed by atoms with E-state index in [4.69, 9.17) is 9.72 Å². The number of ether oxygens (including phenoxy) is 1. The molecular formula is C29H34N8O4. The van der Waals surface area contributed by atoms with Crippen molar-refractivity contribution in [3.63, 3.8) is 0 Å². The van der Waals surface area contributed by atoms with Crippen molar-refractivity contribution in [3.8, 4) is 11.3 Å². The van der Waals surface area contributed by atoms with Crippen molar-refractivity contribution in [2.45, 2.75) is 33.7 Å². The van der Waals surface area contributed by atoms with Crippen molar-refractivity contribution < 1.29 is 19.1 Å². The molecule has 3 aromatic heterocycles. The number of hydrogen-bond donors (Lipinski definition) is 1. The predicted octanol–water partition coefficient (Wildman–Crippen LogP) is 3.56. The van der Waals surface area contributed by atoms with E-state index < -0.39 is 6.04 Å². The van der Waals surface area contributed by atoms with Crippen LogP contribution in [0.3, 0.4) is 0 Å². The van der Waals surface area contributed by atoms with Crippen LogP contribution in [0.1, 0.15) is 41.6 Å². The molecule has 1 N–H and O–H groups in total. The highest BCUT2D eigenvalue weighted by molar-refractivity contribution is 6.13. The minimum Gasteiger partial charge on any atom is -0.450 e. The number of aryl methyl sites for hydroxylation is 2. The Balaban J connectivity index is 1.34. The van der Waals surface area contributed by atoms with Crippen LogP contribution in [-0.2, 0) is 16.6 Å². The highest BCUT2D eigenvalue weighted by atomic mass is 16.6. The van der Waals surface area contributed by atoms with Crippen molar-refractivity contribution >= 4 is 34.5 Å². The minimum absolute atomic E-state index is 0.106. The van der Waals surface area contributed by atoms with E-state index in [0.29, 0.717) is 60.9 Å². The third kappa shape index (κ3) is 5.49. The number of nitrogens with zero attached hydrogens (tertiary/aromatic N) is 7. The quantitative estimate of drug-likeness (QED) is 0.383. The van der Waals surface area contributed by atoms with E-state index in [1.54, 1.807) is 58.4 Å². The molecule has 0 aliphatic carbocycles. The number of fused-ring (bicyclic) bond motifs is 1. The van der Waals surface area contributed by atoms with Crippen molar-refractivity contribution in [2.24, 2.45) is 7.05 Å². The van der Waals surface area contributed by atoms with Gasteiger partial charge in [-0.25, -0.2) is 9.78 Å². The van der Waals surface area contributed by atoms with Gasteiger partial charge in [-0.2, -0.15) is 10.2 Å². The molecule has 0 spiro atoms. The number of rotatable bonds is 6. The Hall–Kier alpha value is -4.74. The Labute approximate surface area is 237 Å². The number of pyridine rings is 1. The Morgan fingerprint density at radius 1 is 1.07 bits per heavy atom. The lowest BCUT2D eigenvalue weighted by Crippen LogP contribution is -2.52. The fraction of sp³-hybridized carbons (Fsp3) is 0.379. The minimum atomic E-state index is -0.588. The molecule has 4 aromatic rings. The lowest BCUT2D eigenvalue weighted by atomic mass is 10.0. The topological polar surface area (TPSA) is 127 Å². The molecule has 4 heterocycles. The van der Waals surface area contributed by atoms with Crippen LogP contribution in [0.25, 0.3) is 22.2 Å². The summed E-state index contributed by atoms with van der Waals surface area (Å²) in [5, 5.41) is 12.6. The van der Waals surface area contributed by atoms with Crippen LogP contribution in [0.4, 0.5) is 10.5 Å². The van der Waals surface area contributed by atoms with Gasteiger partial charge in [0, 0.05) is 56.1 Å². The first-order valence-corrected chi connectivity index (χ1v) is 13.6. The second kappa shape index (κ2) is 11.4. The van der Waals surface area contributed by atoms with Crippen LogP contribution in [0.5, 0.6) is 0 Å². The second-order valence-corrected chi connectivity index (χ2v) is 10.1. The molecule has 5 rings (SSSR count). The summed E-state index contributed by atoms with van der Waals surface area (Å²) in [4.78, 5) is 47.0. The molecule has 0 bridgehead atoms. The highest BCUT2D eigenvalue weighted by Crippen LogP contribution is 2.28.